The van der Waals surface area contributed by atoms with Crippen molar-refractivity contribution >= 4 is 11.8 Å². The minimum atomic E-state index is 0.536. The molecule has 0 aliphatic carbocycles. The van der Waals surface area contributed by atoms with E-state index in [1.807, 2.05) is 30.3 Å². The molecule has 0 spiro atoms. The Hall–Kier alpha value is -3.09. The molecule has 0 radical (unpaired) electrons. The van der Waals surface area contributed by atoms with Gasteiger partial charge >= 0.3 is 0 Å². The molecular weight excluding hydrogens is 454 g/mol. The number of piperidine rings is 1. The van der Waals surface area contributed by atoms with E-state index in [0.29, 0.717) is 17.5 Å². The lowest BCUT2D eigenvalue weighted by Gasteiger charge is -2.26. The van der Waals surface area contributed by atoms with Crippen molar-refractivity contribution in [3.8, 4) is 28.3 Å². The van der Waals surface area contributed by atoms with Gasteiger partial charge in [-0.25, -0.2) is 0 Å². The summed E-state index contributed by atoms with van der Waals surface area (Å²) in [5, 5.41) is 8.52. The van der Waals surface area contributed by atoms with Crippen LogP contribution in [0.4, 0.5) is 0 Å². The van der Waals surface area contributed by atoms with Crippen LogP contribution in [0.1, 0.15) is 31.6 Å². The predicted molar refractivity (Wildman–Crippen MR) is 142 cm³/mol. The maximum absolute atomic E-state index is 5.95. The molecule has 3 aromatic carbocycles. The summed E-state index contributed by atoms with van der Waals surface area (Å²) in [6.45, 7) is 4.33. The highest BCUT2D eigenvalue weighted by Crippen LogP contribution is 2.33. The Morgan fingerprint density at radius 1 is 0.800 bits per heavy atom. The van der Waals surface area contributed by atoms with E-state index in [-0.39, 0.29) is 0 Å². The van der Waals surface area contributed by atoms with E-state index in [2.05, 4.69) is 63.6 Å². The largest absolute Gasteiger partial charge is 0.494 e. The van der Waals surface area contributed by atoms with Gasteiger partial charge in [0.1, 0.15) is 5.75 Å². The first kappa shape index (κ1) is 23.6. The van der Waals surface area contributed by atoms with Crippen molar-refractivity contribution in [2.45, 2.75) is 36.3 Å². The predicted octanol–water partition coefficient (Wildman–Crippen LogP) is 6.95. The zero-order valence-electron chi connectivity index (χ0n) is 19.9. The Labute approximate surface area is 211 Å². The van der Waals surface area contributed by atoms with Crippen molar-refractivity contribution < 1.29 is 9.15 Å². The van der Waals surface area contributed by atoms with E-state index >= 15 is 0 Å². The minimum Gasteiger partial charge on any atom is -0.494 e. The van der Waals surface area contributed by atoms with Crippen LogP contribution in [0.3, 0.4) is 0 Å². The van der Waals surface area contributed by atoms with Crippen LogP contribution in [0.5, 0.6) is 5.75 Å². The number of hydrogen-bond donors (Lipinski definition) is 0. The van der Waals surface area contributed by atoms with Gasteiger partial charge in [-0.1, -0.05) is 55.0 Å². The number of ether oxygens (including phenoxy) is 1. The van der Waals surface area contributed by atoms with E-state index < -0.39 is 0 Å². The minimum absolute atomic E-state index is 0.536. The lowest BCUT2D eigenvalue weighted by molar-refractivity contribution is 0.205. The maximum atomic E-state index is 5.95. The summed E-state index contributed by atoms with van der Waals surface area (Å²) in [5.41, 5.74) is 3.32. The summed E-state index contributed by atoms with van der Waals surface area (Å²) in [5.74, 6) is 2.65. The number of thioether (sulfide) groups is 1. The smallest absolute Gasteiger partial charge is 0.247 e. The Kier molecular flexibility index (Phi) is 8.14. The molecule has 1 aliphatic rings. The molecule has 1 aliphatic heterocycles. The van der Waals surface area contributed by atoms with Crippen LogP contribution in [0.2, 0.25) is 0 Å². The van der Waals surface area contributed by atoms with Crippen LogP contribution >= 0.6 is 11.8 Å². The molecule has 0 atom stereocenters. The third-order valence-corrected chi connectivity index (χ3v) is 7.29. The highest BCUT2D eigenvalue weighted by molar-refractivity contribution is 7.98. The molecule has 4 aromatic rings. The molecule has 0 N–H and O–H groups in total. The maximum Gasteiger partial charge on any atom is 0.247 e. The van der Waals surface area contributed by atoms with E-state index in [4.69, 9.17) is 9.15 Å². The molecule has 0 unspecified atom stereocenters. The van der Waals surface area contributed by atoms with Crippen molar-refractivity contribution in [2.75, 3.05) is 26.2 Å². The molecule has 0 amide bonds. The fourth-order valence-electron chi connectivity index (χ4n) is 4.37. The monoisotopic (exact) mass is 485 g/mol. The van der Waals surface area contributed by atoms with E-state index in [9.17, 15) is 0 Å². The highest BCUT2D eigenvalue weighted by atomic mass is 32.2. The fraction of sp³-hybridized carbons (Fsp3) is 0.310. The second-order valence-corrected chi connectivity index (χ2v) is 9.80. The second-order valence-electron chi connectivity index (χ2n) is 8.78. The van der Waals surface area contributed by atoms with Gasteiger partial charge < -0.3 is 14.1 Å². The van der Waals surface area contributed by atoms with Crippen LogP contribution < -0.4 is 4.74 Å². The number of likely N-dealkylation sites (tertiary alicyclic amines) is 1. The number of nitrogens with zero attached hydrogens (tertiary/aromatic N) is 3. The van der Waals surface area contributed by atoms with E-state index in [1.54, 1.807) is 11.8 Å². The molecule has 0 bridgehead atoms. The summed E-state index contributed by atoms with van der Waals surface area (Å²) in [6.07, 6.45) is 5.10. The number of hydrogen-bond acceptors (Lipinski definition) is 6. The third kappa shape index (κ3) is 6.53. The quantitative estimate of drug-likeness (QED) is 0.179. The zero-order chi connectivity index (χ0) is 23.7. The summed E-state index contributed by atoms with van der Waals surface area (Å²) in [4.78, 5) is 3.74. The van der Waals surface area contributed by atoms with Crippen LogP contribution in [0.15, 0.2) is 88.2 Å². The lowest BCUT2D eigenvalue weighted by atomic mass is 10.1. The molecule has 0 saturated carbocycles. The van der Waals surface area contributed by atoms with Gasteiger partial charge in [0.15, 0.2) is 0 Å². The molecule has 5 nitrogen and oxygen atoms in total. The van der Waals surface area contributed by atoms with Crippen molar-refractivity contribution in [2.24, 2.45) is 0 Å². The normalized spacial score (nSPS) is 14.2. The van der Waals surface area contributed by atoms with Crippen LogP contribution in [0, 0.1) is 0 Å². The van der Waals surface area contributed by atoms with Gasteiger partial charge in [0.05, 0.1) is 12.4 Å². The van der Waals surface area contributed by atoms with Crippen molar-refractivity contribution in [3.63, 3.8) is 0 Å². The Morgan fingerprint density at radius 2 is 1.57 bits per heavy atom. The summed E-state index contributed by atoms with van der Waals surface area (Å²) in [6, 6.07) is 26.8. The second kappa shape index (κ2) is 12.0. The fourth-order valence-corrected chi connectivity index (χ4v) is 5.28. The number of rotatable bonds is 10. The summed E-state index contributed by atoms with van der Waals surface area (Å²) >= 11 is 1.71. The summed E-state index contributed by atoms with van der Waals surface area (Å²) < 4.78 is 11.9. The van der Waals surface area contributed by atoms with Gasteiger partial charge in [-0.05, 0) is 73.8 Å². The lowest BCUT2D eigenvalue weighted by Crippen LogP contribution is -2.31. The zero-order valence-corrected chi connectivity index (χ0v) is 20.8. The van der Waals surface area contributed by atoms with E-state index in [0.717, 1.165) is 30.9 Å². The van der Waals surface area contributed by atoms with Crippen LogP contribution in [0.25, 0.3) is 22.6 Å². The molecule has 5 rings (SSSR count). The van der Waals surface area contributed by atoms with Crippen LogP contribution in [-0.2, 0) is 5.75 Å². The van der Waals surface area contributed by atoms with Crippen molar-refractivity contribution in [1.29, 1.82) is 0 Å². The standard InChI is InChI=1S/C29H31N3O2S/c1-3-10-23(11-4-1)26-12-5-6-13-27(26)35-22-28-30-31-29(34-28)24-14-16-25(17-15-24)33-21-9-20-32-18-7-2-8-19-32/h1,3-6,10-17H,2,7-9,18-22H2. The Bertz CT molecular complexity index is 1190. The molecular formula is C29H31N3O2S. The number of benzene rings is 3. The van der Waals surface area contributed by atoms with Gasteiger partial charge in [-0.2, -0.15) is 0 Å². The molecule has 1 aromatic heterocycles. The molecule has 6 heteroatoms. The molecule has 1 saturated heterocycles. The van der Waals surface area contributed by atoms with Gasteiger partial charge in [0, 0.05) is 17.0 Å². The molecule has 35 heavy (non-hydrogen) atoms. The Balaban J connectivity index is 1.13. The van der Waals surface area contributed by atoms with Gasteiger partial charge in [-0.3, -0.25) is 0 Å². The summed E-state index contributed by atoms with van der Waals surface area (Å²) in [7, 11) is 0. The van der Waals surface area contributed by atoms with Gasteiger partial charge in [-0.15, -0.1) is 22.0 Å². The number of aromatic nitrogens is 2. The molecule has 1 fully saturated rings. The van der Waals surface area contributed by atoms with Crippen molar-refractivity contribution in [1.82, 2.24) is 15.1 Å². The van der Waals surface area contributed by atoms with Crippen LogP contribution in [-0.4, -0.2) is 41.3 Å². The van der Waals surface area contributed by atoms with Gasteiger partial charge in [0.25, 0.3) is 0 Å². The average molecular weight is 486 g/mol. The first-order valence-corrected chi connectivity index (χ1v) is 13.4. The average Bonchev–Trinajstić information content (AvgIpc) is 3.41. The topological polar surface area (TPSA) is 51.4 Å². The highest BCUT2D eigenvalue weighted by Gasteiger charge is 2.12. The first-order valence-electron chi connectivity index (χ1n) is 12.4. The Morgan fingerprint density at radius 3 is 2.40 bits per heavy atom. The molecule has 2 heterocycles. The van der Waals surface area contributed by atoms with E-state index in [1.165, 1.54) is 48.4 Å². The SMILES string of the molecule is c1ccc(-c2ccccc2SCc2nnc(-c3ccc(OCCCN4CCCCC4)cc3)o2)cc1. The first-order chi connectivity index (χ1) is 17.3. The third-order valence-electron chi connectivity index (χ3n) is 6.23. The molecule has 180 valence electrons. The van der Waals surface area contributed by atoms with Gasteiger partial charge in [0.2, 0.25) is 11.8 Å². The van der Waals surface area contributed by atoms with Crippen molar-refractivity contribution in [3.05, 3.63) is 84.8 Å².